The Bertz CT molecular complexity index is 919. The van der Waals surface area contributed by atoms with Crippen molar-refractivity contribution >= 4 is 35.0 Å². The van der Waals surface area contributed by atoms with E-state index in [0.717, 1.165) is 24.2 Å². The number of ether oxygens (including phenoxy) is 1. The Kier molecular flexibility index (Phi) is 7.62. The molecule has 1 aliphatic rings. The van der Waals surface area contributed by atoms with Gasteiger partial charge in [-0.1, -0.05) is 35.3 Å². The molecule has 1 N–H and O–H groups in total. The summed E-state index contributed by atoms with van der Waals surface area (Å²) in [6.07, 6.45) is 1.53. The molecule has 0 spiro atoms. The number of benzene rings is 2. The van der Waals surface area contributed by atoms with E-state index in [-0.39, 0.29) is 23.8 Å². The molecule has 2 amide bonds. The molecule has 1 aliphatic heterocycles. The lowest BCUT2D eigenvalue weighted by molar-refractivity contribution is -0.127. The first-order valence-corrected chi connectivity index (χ1v) is 10.9. The molecule has 1 heterocycles. The van der Waals surface area contributed by atoms with Crippen LogP contribution in [0.4, 0.5) is 0 Å². The van der Waals surface area contributed by atoms with Crippen molar-refractivity contribution in [2.24, 2.45) is 5.92 Å². The van der Waals surface area contributed by atoms with E-state index in [0.29, 0.717) is 35.3 Å². The zero-order chi connectivity index (χ0) is 21.7. The third kappa shape index (κ3) is 5.46. The van der Waals surface area contributed by atoms with E-state index in [1.165, 1.54) is 0 Å². The van der Waals surface area contributed by atoms with Gasteiger partial charge >= 0.3 is 0 Å². The van der Waals surface area contributed by atoms with Gasteiger partial charge in [-0.3, -0.25) is 9.59 Å². The third-order valence-corrected chi connectivity index (χ3v) is 6.01. The van der Waals surface area contributed by atoms with Crippen LogP contribution in [0.2, 0.25) is 10.0 Å². The SMILES string of the molecule is CCOc1cccc(C(C)NC(=O)C2CCCN(C(=O)c3ccc(Cl)c(Cl)c3)C2)c1. The van der Waals surface area contributed by atoms with E-state index in [1.54, 1.807) is 23.1 Å². The van der Waals surface area contributed by atoms with Crippen LogP contribution in [0.3, 0.4) is 0 Å². The maximum Gasteiger partial charge on any atom is 0.253 e. The third-order valence-electron chi connectivity index (χ3n) is 5.27. The van der Waals surface area contributed by atoms with E-state index in [1.807, 2.05) is 38.1 Å². The Morgan fingerprint density at radius 3 is 2.73 bits per heavy atom. The van der Waals surface area contributed by atoms with Crippen LogP contribution in [0.15, 0.2) is 42.5 Å². The van der Waals surface area contributed by atoms with Crippen molar-refractivity contribution in [3.63, 3.8) is 0 Å². The molecule has 0 bridgehead atoms. The molecule has 2 aromatic rings. The molecule has 1 fully saturated rings. The summed E-state index contributed by atoms with van der Waals surface area (Å²) in [5.41, 5.74) is 1.46. The van der Waals surface area contributed by atoms with Gasteiger partial charge in [-0.2, -0.15) is 0 Å². The highest BCUT2D eigenvalue weighted by Crippen LogP contribution is 2.26. The molecule has 0 aliphatic carbocycles. The van der Waals surface area contributed by atoms with Crippen LogP contribution in [0.5, 0.6) is 5.75 Å². The average Bonchev–Trinajstić information content (AvgIpc) is 2.75. The number of hydrogen-bond acceptors (Lipinski definition) is 3. The number of nitrogens with zero attached hydrogens (tertiary/aromatic N) is 1. The monoisotopic (exact) mass is 448 g/mol. The largest absolute Gasteiger partial charge is 0.494 e. The van der Waals surface area contributed by atoms with E-state index in [2.05, 4.69) is 5.32 Å². The molecule has 5 nitrogen and oxygen atoms in total. The standard InChI is InChI=1S/C23H26Cl2N2O3/c1-3-30-19-8-4-6-16(12-19)15(2)26-22(28)18-7-5-11-27(14-18)23(29)17-9-10-20(24)21(25)13-17/h4,6,8-10,12-13,15,18H,3,5,7,11,14H2,1-2H3,(H,26,28). The number of amides is 2. The molecule has 2 unspecified atom stereocenters. The maximum atomic E-state index is 12.9. The quantitative estimate of drug-likeness (QED) is 0.666. The smallest absolute Gasteiger partial charge is 0.253 e. The lowest BCUT2D eigenvalue weighted by Gasteiger charge is -2.33. The van der Waals surface area contributed by atoms with Gasteiger partial charge in [0.15, 0.2) is 0 Å². The van der Waals surface area contributed by atoms with Crippen LogP contribution in [0, 0.1) is 5.92 Å². The minimum atomic E-state index is -0.247. The van der Waals surface area contributed by atoms with Crippen molar-refractivity contribution < 1.29 is 14.3 Å². The number of piperidine rings is 1. The predicted molar refractivity (Wildman–Crippen MR) is 119 cm³/mol. The fourth-order valence-corrected chi connectivity index (χ4v) is 3.94. The molecule has 0 aromatic heterocycles. The summed E-state index contributed by atoms with van der Waals surface area (Å²) in [6, 6.07) is 12.4. The first kappa shape index (κ1) is 22.4. The fourth-order valence-electron chi connectivity index (χ4n) is 3.64. The summed E-state index contributed by atoms with van der Waals surface area (Å²) in [7, 11) is 0. The highest BCUT2D eigenvalue weighted by Gasteiger charge is 2.29. The maximum absolute atomic E-state index is 12.9. The Labute approximate surface area is 187 Å². The van der Waals surface area contributed by atoms with Crippen LogP contribution in [0.25, 0.3) is 0 Å². The summed E-state index contributed by atoms with van der Waals surface area (Å²) in [5.74, 6) is 0.356. The Hall–Kier alpha value is -2.24. The Morgan fingerprint density at radius 1 is 1.20 bits per heavy atom. The fraction of sp³-hybridized carbons (Fsp3) is 0.391. The topological polar surface area (TPSA) is 58.6 Å². The summed E-state index contributed by atoms with van der Waals surface area (Å²) in [6.45, 7) is 5.48. The second kappa shape index (κ2) is 10.2. The van der Waals surface area contributed by atoms with Gasteiger partial charge in [-0.25, -0.2) is 0 Å². The summed E-state index contributed by atoms with van der Waals surface area (Å²) < 4.78 is 5.54. The number of carbonyl (C=O) groups excluding carboxylic acids is 2. The van der Waals surface area contributed by atoms with E-state index >= 15 is 0 Å². The van der Waals surface area contributed by atoms with Crippen LogP contribution in [-0.4, -0.2) is 36.4 Å². The molecule has 2 atom stereocenters. The molecule has 0 radical (unpaired) electrons. The number of likely N-dealkylation sites (tertiary alicyclic amines) is 1. The number of halogens is 2. The predicted octanol–water partition coefficient (Wildman–Crippen LogP) is 5.12. The molecule has 7 heteroatoms. The summed E-state index contributed by atoms with van der Waals surface area (Å²) in [4.78, 5) is 27.4. The van der Waals surface area contributed by atoms with Crippen LogP contribution < -0.4 is 10.1 Å². The van der Waals surface area contributed by atoms with Crippen LogP contribution in [-0.2, 0) is 4.79 Å². The zero-order valence-corrected chi connectivity index (χ0v) is 18.7. The highest BCUT2D eigenvalue weighted by molar-refractivity contribution is 6.42. The second-order valence-corrected chi connectivity index (χ2v) is 8.27. The molecule has 30 heavy (non-hydrogen) atoms. The van der Waals surface area contributed by atoms with Gasteiger partial charge < -0.3 is 15.0 Å². The van der Waals surface area contributed by atoms with Crippen molar-refractivity contribution in [2.45, 2.75) is 32.7 Å². The van der Waals surface area contributed by atoms with Gasteiger partial charge in [0, 0.05) is 18.7 Å². The second-order valence-electron chi connectivity index (χ2n) is 7.45. The molecule has 160 valence electrons. The Morgan fingerprint density at radius 2 is 2.00 bits per heavy atom. The van der Waals surface area contributed by atoms with Crippen molar-refractivity contribution in [2.75, 3.05) is 19.7 Å². The van der Waals surface area contributed by atoms with Crippen molar-refractivity contribution in [3.8, 4) is 5.75 Å². The van der Waals surface area contributed by atoms with E-state index in [9.17, 15) is 9.59 Å². The number of carbonyl (C=O) groups is 2. The van der Waals surface area contributed by atoms with Crippen molar-refractivity contribution in [1.29, 1.82) is 0 Å². The molecule has 2 aromatic carbocycles. The number of hydrogen-bond donors (Lipinski definition) is 1. The van der Waals surface area contributed by atoms with Gasteiger partial charge in [-0.05, 0) is 62.6 Å². The minimum Gasteiger partial charge on any atom is -0.494 e. The lowest BCUT2D eigenvalue weighted by Crippen LogP contribution is -2.45. The summed E-state index contributed by atoms with van der Waals surface area (Å²) >= 11 is 12.0. The van der Waals surface area contributed by atoms with Gasteiger partial charge in [0.05, 0.1) is 28.6 Å². The van der Waals surface area contributed by atoms with Crippen LogP contribution >= 0.6 is 23.2 Å². The van der Waals surface area contributed by atoms with Gasteiger partial charge in [0.1, 0.15) is 5.75 Å². The van der Waals surface area contributed by atoms with Crippen LogP contribution in [0.1, 0.15) is 48.7 Å². The number of rotatable bonds is 6. The van der Waals surface area contributed by atoms with Gasteiger partial charge in [0.2, 0.25) is 5.91 Å². The molecule has 0 saturated carbocycles. The summed E-state index contributed by atoms with van der Waals surface area (Å²) in [5, 5.41) is 3.83. The molecule has 3 rings (SSSR count). The average molecular weight is 449 g/mol. The molecular formula is C23H26Cl2N2O3. The molecule has 1 saturated heterocycles. The first-order chi connectivity index (χ1) is 14.4. The van der Waals surface area contributed by atoms with Gasteiger partial charge in [0.25, 0.3) is 5.91 Å². The Balaban J connectivity index is 1.63. The normalized spacial score (nSPS) is 17.3. The lowest BCUT2D eigenvalue weighted by atomic mass is 9.95. The first-order valence-electron chi connectivity index (χ1n) is 10.2. The number of nitrogens with one attached hydrogen (secondary N) is 1. The van der Waals surface area contributed by atoms with Crippen molar-refractivity contribution in [3.05, 3.63) is 63.6 Å². The van der Waals surface area contributed by atoms with Gasteiger partial charge in [-0.15, -0.1) is 0 Å². The highest BCUT2D eigenvalue weighted by atomic mass is 35.5. The zero-order valence-electron chi connectivity index (χ0n) is 17.2. The molecular weight excluding hydrogens is 423 g/mol. The van der Waals surface area contributed by atoms with Crippen molar-refractivity contribution in [1.82, 2.24) is 10.2 Å². The minimum absolute atomic E-state index is 0.0454. The van der Waals surface area contributed by atoms with E-state index in [4.69, 9.17) is 27.9 Å². The van der Waals surface area contributed by atoms with E-state index < -0.39 is 0 Å².